The Morgan fingerprint density at radius 3 is 2.89 bits per heavy atom. The van der Waals surface area contributed by atoms with E-state index in [4.69, 9.17) is 0 Å². The van der Waals surface area contributed by atoms with Gasteiger partial charge in [0, 0.05) is 25.2 Å². The Balaban J connectivity index is 1.92. The van der Waals surface area contributed by atoms with Crippen LogP contribution in [0.15, 0.2) is 66.5 Å². The second-order valence-electron chi connectivity index (χ2n) is 4.71. The van der Waals surface area contributed by atoms with Crippen LogP contribution in [0, 0.1) is 0 Å². The lowest BCUT2D eigenvalue weighted by Crippen LogP contribution is -2.12. The summed E-state index contributed by atoms with van der Waals surface area (Å²) in [4.78, 5) is 6.53. The van der Waals surface area contributed by atoms with Gasteiger partial charge in [0.05, 0.1) is 5.52 Å². The highest BCUT2D eigenvalue weighted by Gasteiger charge is 1.99. The van der Waals surface area contributed by atoms with Crippen LogP contribution in [0.2, 0.25) is 0 Å². The van der Waals surface area contributed by atoms with Gasteiger partial charge in [-0.15, -0.1) is 0 Å². The molecule has 1 aliphatic heterocycles. The molecule has 0 fully saturated rings. The van der Waals surface area contributed by atoms with Crippen molar-refractivity contribution in [2.24, 2.45) is 0 Å². The predicted octanol–water partition coefficient (Wildman–Crippen LogP) is 3.63. The molecule has 3 rings (SSSR count). The zero-order chi connectivity index (χ0) is 13.1. The van der Waals surface area contributed by atoms with Gasteiger partial charge in [-0.05, 0) is 35.5 Å². The molecule has 0 saturated carbocycles. The first-order chi connectivity index (χ1) is 9.33. The average Bonchev–Trinajstić information content (AvgIpc) is 2.47. The van der Waals surface area contributed by atoms with Gasteiger partial charge >= 0.3 is 0 Å². The van der Waals surface area contributed by atoms with E-state index >= 15 is 0 Å². The van der Waals surface area contributed by atoms with E-state index in [1.54, 1.807) is 0 Å². The number of likely N-dealkylation sites (N-methyl/N-ethyl adjacent to an activating group) is 1. The summed E-state index contributed by atoms with van der Waals surface area (Å²) >= 11 is 0. The van der Waals surface area contributed by atoms with Crippen LogP contribution < -0.4 is 0 Å². The summed E-state index contributed by atoms with van der Waals surface area (Å²) in [5, 5.41) is 1.19. The Labute approximate surface area is 113 Å². The third kappa shape index (κ3) is 2.58. The van der Waals surface area contributed by atoms with E-state index in [2.05, 4.69) is 65.6 Å². The van der Waals surface area contributed by atoms with Crippen LogP contribution in [-0.2, 0) is 0 Å². The lowest BCUT2D eigenvalue weighted by Gasteiger charge is -2.15. The molecular weight excluding hydrogens is 232 g/mol. The van der Waals surface area contributed by atoms with Gasteiger partial charge in [0.2, 0.25) is 0 Å². The number of allylic oxidation sites excluding steroid dienone is 3. The summed E-state index contributed by atoms with van der Waals surface area (Å²) in [7, 11) is 2.07. The number of hydrogen-bond acceptors (Lipinski definition) is 2. The minimum absolute atomic E-state index is 0.966. The summed E-state index contributed by atoms with van der Waals surface area (Å²) in [5.74, 6) is 0. The van der Waals surface area contributed by atoms with Crippen molar-refractivity contribution in [2.75, 3.05) is 13.6 Å². The van der Waals surface area contributed by atoms with Crippen LogP contribution >= 0.6 is 0 Å². The predicted molar refractivity (Wildman–Crippen MR) is 80.6 cm³/mol. The number of para-hydroxylation sites is 1. The first kappa shape index (κ1) is 11.7. The Morgan fingerprint density at radius 2 is 2.05 bits per heavy atom. The minimum atomic E-state index is 0.966. The number of aromatic nitrogens is 1. The van der Waals surface area contributed by atoms with E-state index in [1.807, 2.05) is 18.3 Å². The molecule has 2 heteroatoms. The van der Waals surface area contributed by atoms with E-state index in [-0.39, 0.29) is 0 Å². The molecule has 0 spiro atoms. The van der Waals surface area contributed by atoms with Crippen molar-refractivity contribution in [3.63, 3.8) is 0 Å². The summed E-state index contributed by atoms with van der Waals surface area (Å²) < 4.78 is 0. The second-order valence-corrected chi connectivity index (χ2v) is 4.71. The molecule has 0 bridgehead atoms. The normalized spacial score (nSPS) is 15.2. The molecule has 2 heterocycles. The fourth-order valence-corrected chi connectivity index (χ4v) is 2.16. The number of rotatable bonds is 2. The maximum absolute atomic E-state index is 4.38. The molecule has 0 saturated heterocycles. The SMILES string of the molecule is CN1C=CC(/C=C/c2ccnc3ccccc23)=CC1. The molecule has 0 aliphatic carbocycles. The maximum Gasteiger partial charge on any atom is 0.0707 e. The summed E-state index contributed by atoms with van der Waals surface area (Å²) in [5.41, 5.74) is 3.50. The fraction of sp³-hybridized carbons (Fsp3) is 0.118. The van der Waals surface area contributed by atoms with Crippen LogP contribution in [0.4, 0.5) is 0 Å². The van der Waals surface area contributed by atoms with Crippen molar-refractivity contribution >= 4 is 17.0 Å². The van der Waals surface area contributed by atoms with Crippen LogP contribution in [0.25, 0.3) is 17.0 Å². The Hall–Kier alpha value is -2.35. The number of hydrogen-bond donors (Lipinski definition) is 0. The molecule has 1 aliphatic rings. The third-order valence-electron chi connectivity index (χ3n) is 3.27. The van der Waals surface area contributed by atoms with Gasteiger partial charge in [0.25, 0.3) is 0 Å². The third-order valence-corrected chi connectivity index (χ3v) is 3.27. The highest BCUT2D eigenvalue weighted by Crippen LogP contribution is 2.18. The lowest BCUT2D eigenvalue weighted by atomic mass is 10.1. The maximum atomic E-state index is 4.38. The van der Waals surface area contributed by atoms with Gasteiger partial charge in [-0.2, -0.15) is 0 Å². The van der Waals surface area contributed by atoms with E-state index in [9.17, 15) is 0 Å². The second kappa shape index (κ2) is 5.11. The molecule has 94 valence electrons. The zero-order valence-corrected chi connectivity index (χ0v) is 11.0. The average molecular weight is 248 g/mol. The van der Waals surface area contributed by atoms with Crippen LogP contribution in [0.1, 0.15) is 5.56 Å². The van der Waals surface area contributed by atoms with Crippen molar-refractivity contribution in [1.82, 2.24) is 9.88 Å². The first-order valence-electron chi connectivity index (χ1n) is 6.43. The van der Waals surface area contributed by atoms with E-state index < -0.39 is 0 Å². The van der Waals surface area contributed by atoms with Gasteiger partial charge in [0.15, 0.2) is 0 Å². The smallest absolute Gasteiger partial charge is 0.0707 e. The van der Waals surface area contributed by atoms with E-state index in [0.29, 0.717) is 0 Å². The van der Waals surface area contributed by atoms with Gasteiger partial charge in [-0.25, -0.2) is 0 Å². The lowest BCUT2D eigenvalue weighted by molar-refractivity contribution is 0.503. The van der Waals surface area contributed by atoms with Crippen molar-refractivity contribution in [3.8, 4) is 0 Å². The zero-order valence-electron chi connectivity index (χ0n) is 11.0. The van der Waals surface area contributed by atoms with Gasteiger partial charge in [-0.3, -0.25) is 4.98 Å². The molecular formula is C17H16N2. The molecule has 0 N–H and O–H groups in total. The van der Waals surface area contributed by atoms with Gasteiger partial charge in [-0.1, -0.05) is 36.4 Å². The van der Waals surface area contributed by atoms with Crippen LogP contribution in [0.5, 0.6) is 0 Å². The Morgan fingerprint density at radius 1 is 1.16 bits per heavy atom. The highest BCUT2D eigenvalue weighted by molar-refractivity contribution is 5.87. The molecule has 19 heavy (non-hydrogen) atoms. The van der Waals surface area contributed by atoms with Gasteiger partial charge < -0.3 is 4.90 Å². The Kier molecular flexibility index (Phi) is 3.15. The van der Waals surface area contributed by atoms with E-state index in [1.165, 1.54) is 16.5 Å². The standard InChI is InChI=1S/C17H16N2/c1-19-12-9-14(10-13-19)6-7-15-8-11-18-17-5-3-2-4-16(15)17/h2-12H,13H2,1H3/b7-6+. The molecule has 1 aromatic carbocycles. The molecule has 1 aromatic heterocycles. The summed E-state index contributed by atoms with van der Waals surface area (Å²) in [6, 6.07) is 10.3. The molecule has 2 nitrogen and oxygen atoms in total. The van der Waals surface area contributed by atoms with Crippen molar-refractivity contribution in [2.45, 2.75) is 0 Å². The summed E-state index contributed by atoms with van der Waals surface area (Å²) in [6.45, 7) is 0.966. The minimum Gasteiger partial charge on any atom is -0.377 e. The topological polar surface area (TPSA) is 16.1 Å². The van der Waals surface area contributed by atoms with Crippen molar-refractivity contribution in [1.29, 1.82) is 0 Å². The molecule has 0 radical (unpaired) electrons. The molecule has 2 aromatic rings. The Bertz CT molecular complexity index is 675. The summed E-state index contributed by atoms with van der Waals surface area (Å²) in [6.07, 6.45) is 12.6. The first-order valence-corrected chi connectivity index (χ1v) is 6.43. The van der Waals surface area contributed by atoms with Crippen LogP contribution in [0.3, 0.4) is 0 Å². The number of nitrogens with zero attached hydrogens (tertiary/aromatic N) is 2. The molecule has 0 atom stereocenters. The number of pyridine rings is 1. The molecule has 0 unspecified atom stereocenters. The quantitative estimate of drug-likeness (QED) is 0.806. The fourth-order valence-electron chi connectivity index (χ4n) is 2.16. The largest absolute Gasteiger partial charge is 0.377 e. The van der Waals surface area contributed by atoms with Gasteiger partial charge in [0.1, 0.15) is 0 Å². The van der Waals surface area contributed by atoms with Crippen molar-refractivity contribution < 1.29 is 0 Å². The monoisotopic (exact) mass is 248 g/mol. The van der Waals surface area contributed by atoms with E-state index in [0.717, 1.165) is 12.1 Å². The number of fused-ring (bicyclic) bond motifs is 1. The highest BCUT2D eigenvalue weighted by atomic mass is 15.1. The number of benzene rings is 1. The molecule has 0 amide bonds. The van der Waals surface area contributed by atoms with Crippen molar-refractivity contribution in [3.05, 3.63) is 72.1 Å². The van der Waals surface area contributed by atoms with Crippen LogP contribution in [-0.4, -0.2) is 23.5 Å².